The van der Waals surface area contributed by atoms with Gasteiger partial charge in [-0.3, -0.25) is 4.79 Å². The molecule has 1 atom stereocenters. The number of halogens is 3. The number of fused-ring (bicyclic) bond motifs is 1. The van der Waals surface area contributed by atoms with E-state index >= 15 is 0 Å². The number of pyridine rings is 1. The van der Waals surface area contributed by atoms with Crippen molar-refractivity contribution in [2.75, 3.05) is 24.5 Å². The molecule has 4 rings (SSSR count). The van der Waals surface area contributed by atoms with Crippen LogP contribution in [0.4, 0.5) is 19.0 Å². The highest BCUT2D eigenvalue weighted by Gasteiger charge is 2.33. The summed E-state index contributed by atoms with van der Waals surface area (Å²) in [5.41, 5.74) is 0.479. The van der Waals surface area contributed by atoms with Crippen molar-refractivity contribution in [3.63, 3.8) is 0 Å². The van der Waals surface area contributed by atoms with Crippen molar-refractivity contribution < 1.29 is 18.0 Å². The topological polar surface area (TPSA) is 36.4 Å². The maximum absolute atomic E-state index is 13.0. The van der Waals surface area contributed by atoms with Gasteiger partial charge in [-0.25, -0.2) is 4.98 Å². The van der Waals surface area contributed by atoms with Gasteiger partial charge in [-0.2, -0.15) is 13.2 Å². The molecule has 0 spiro atoms. The third kappa shape index (κ3) is 3.81. The standard InChI is InChI=1S/C19H20F3N3OS/c20-19(21,22)15-3-4-17(23-10-15)24-7-1-2-14(12-24)18(26)25-8-5-16-13(11-25)6-9-27-16/h3-4,6,9-10,14H,1-2,5,7-8,11-12H2. The van der Waals surface area contributed by atoms with Crippen molar-refractivity contribution >= 4 is 23.1 Å². The Morgan fingerprint density at radius 2 is 2.07 bits per heavy atom. The van der Waals surface area contributed by atoms with Crippen LogP contribution in [0.2, 0.25) is 0 Å². The smallest absolute Gasteiger partial charge is 0.356 e. The van der Waals surface area contributed by atoms with Crippen LogP contribution in [-0.2, 0) is 23.9 Å². The molecule has 1 fully saturated rings. The molecule has 2 aromatic heterocycles. The summed E-state index contributed by atoms with van der Waals surface area (Å²) in [7, 11) is 0. The Morgan fingerprint density at radius 1 is 1.22 bits per heavy atom. The number of nitrogens with zero attached hydrogens (tertiary/aromatic N) is 3. The van der Waals surface area contributed by atoms with Crippen LogP contribution in [0, 0.1) is 5.92 Å². The van der Waals surface area contributed by atoms with E-state index in [-0.39, 0.29) is 11.8 Å². The van der Waals surface area contributed by atoms with Crippen LogP contribution >= 0.6 is 11.3 Å². The lowest BCUT2D eigenvalue weighted by molar-refractivity contribution is -0.138. The molecule has 0 bridgehead atoms. The summed E-state index contributed by atoms with van der Waals surface area (Å²) in [5, 5.41) is 2.07. The molecule has 0 aliphatic carbocycles. The predicted molar refractivity (Wildman–Crippen MR) is 97.6 cm³/mol. The molecule has 1 saturated heterocycles. The van der Waals surface area contributed by atoms with E-state index in [4.69, 9.17) is 0 Å². The molecule has 0 N–H and O–H groups in total. The van der Waals surface area contributed by atoms with Crippen molar-refractivity contribution in [3.05, 3.63) is 45.8 Å². The fourth-order valence-electron chi connectivity index (χ4n) is 3.82. The summed E-state index contributed by atoms with van der Waals surface area (Å²) >= 11 is 1.74. The molecule has 27 heavy (non-hydrogen) atoms. The summed E-state index contributed by atoms with van der Waals surface area (Å²) in [5.74, 6) is 0.505. The average molecular weight is 395 g/mol. The number of anilines is 1. The molecule has 4 heterocycles. The molecule has 4 nitrogen and oxygen atoms in total. The highest BCUT2D eigenvalue weighted by molar-refractivity contribution is 7.10. The second-order valence-corrected chi connectivity index (χ2v) is 8.07. The lowest BCUT2D eigenvalue weighted by Crippen LogP contribution is -2.46. The van der Waals surface area contributed by atoms with E-state index in [9.17, 15) is 18.0 Å². The van der Waals surface area contributed by atoms with Crippen LogP contribution in [0.3, 0.4) is 0 Å². The van der Waals surface area contributed by atoms with E-state index in [1.807, 2.05) is 9.80 Å². The van der Waals surface area contributed by atoms with Gasteiger partial charge in [0.25, 0.3) is 0 Å². The van der Waals surface area contributed by atoms with Crippen molar-refractivity contribution in [3.8, 4) is 0 Å². The van der Waals surface area contributed by atoms with E-state index < -0.39 is 11.7 Å². The Labute approximate surface area is 159 Å². The van der Waals surface area contributed by atoms with Gasteiger partial charge in [-0.1, -0.05) is 0 Å². The SMILES string of the molecule is O=C(C1CCCN(c2ccc(C(F)(F)F)cn2)C1)N1CCc2sccc2C1. The Morgan fingerprint density at radius 3 is 2.81 bits per heavy atom. The summed E-state index contributed by atoms with van der Waals surface area (Å²) in [6, 6.07) is 4.53. The number of hydrogen-bond donors (Lipinski definition) is 0. The van der Waals surface area contributed by atoms with Gasteiger partial charge in [0, 0.05) is 37.3 Å². The maximum Gasteiger partial charge on any atom is 0.417 e. The highest BCUT2D eigenvalue weighted by atomic mass is 32.1. The summed E-state index contributed by atoms with van der Waals surface area (Å²) < 4.78 is 38.1. The minimum Gasteiger partial charge on any atom is -0.356 e. The van der Waals surface area contributed by atoms with Gasteiger partial charge < -0.3 is 9.80 Å². The van der Waals surface area contributed by atoms with Gasteiger partial charge in [0.05, 0.1) is 11.5 Å². The molecule has 0 aromatic carbocycles. The minimum absolute atomic E-state index is 0.136. The van der Waals surface area contributed by atoms with Crippen molar-refractivity contribution in [1.29, 1.82) is 0 Å². The van der Waals surface area contributed by atoms with Gasteiger partial charge in [-0.05, 0) is 48.4 Å². The molecule has 144 valence electrons. The van der Waals surface area contributed by atoms with E-state index in [1.165, 1.54) is 16.5 Å². The fourth-order valence-corrected chi connectivity index (χ4v) is 4.71. The van der Waals surface area contributed by atoms with Crippen LogP contribution in [0.25, 0.3) is 0 Å². The van der Waals surface area contributed by atoms with E-state index in [0.29, 0.717) is 25.5 Å². The van der Waals surface area contributed by atoms with E-state index in [2.05, 4.69) is 16.4 Å². The van der Waals surface area contributed by atoms with E-state index in [0.717, 1.165) is 38.1 Å². The number of carbonyl (C=O) groups is 1. The molecule has 2 aromatic rings. The molecule has 1 amide bonds. The molecule has 2 aliphatic rings. The second-order valence-electron chi connectivity index (χ2n) is 7.07. The third-order valence-corrected chi connectivity index (χ3v) is 6.31. The molecule has 2 aliphatic heterocycles. The zero-order chi connectivity index (χ0) is 19.0. The largest absolute Gasteiger partial charge is 0.417 e. The van der Waals surface area contributed by atoms with Crippen LogP contribution in [-0.4, -0.2) is 35.4 Å². The molecule has 8 heteroatoms. The van der Waals surface area contributed by atoms with Gasteiger partial charge in [0.2, 0.25) is 5.91 Å². The lowest BCUT2D eigenvalue weighted by Gasteiger charge is -2.36. The first kappa shape index (κ1) is 18.3. The predicted octanol–water partition coefficient (Wildman–Crippen LogP) is 3.96. The number of thiophene rings is 1. The van der Waals surface area contributed by atoms with Crippen LogP contribution in [0.1, 0.15) is 28.8 Å². The lowest BCUT2D eigenvalue weighted by atomic mass is 9.95. The third-order valence-electron chi connectivity index (χ3n) is 5.29. The minimum atomic E-state index is -4.39. The summed E-state index contributed by atoms with van der Waals surface area (Å²) in [6.07, 6.45) is -0.987. The maximum atomic E-state index is 13.0. The first-order chi connectivity index (χ1) is 12.9. The first-order valence-corrected chi connectivity index (χ1v) is 9.92. The Bertz CT molecular complexity index is 818. The summed E-state index contributed by atoms with van der Waals surface area (Å²) in [6.45, 7) is 2.61. The van der Waals surface area contributed by atoms with Crippen LogP contribution in [0.5, 0.6) is 0 Å². The van der Waals surface area contributed by atoms with E-state index in [1.54, 1.807) is 11.3 Å². The number of carbonyl (C=O) groups excluding carboxylic acids is 1. The Hall–Kier alpha value is -2.09. The number of alkyl halides is 3. The number of hydrogen-bond acceptors (Lipinski definition) is 4. The van der Waals surface area contributed by atoms with Crippen LogP contribution in [0.15, 0.2) is 29.8 Å². The molecular weight excluding hydrogens is 375 g/mol. The quantitative estimate of drug-likeness (QED) is 0.772. The second kappa shape index (κ2) is 7.14. The number of aromatic nitrogens is 1. The highest BCUT2D eigenvalue weighted by Crippen LogP contribution is 2.31. The van der Waals surface area contributed by atoms with Gasteiger partial charge in [0.15, 0.2) is 0 Å². The zero-order valence-electron chi connectivity index (χ0n) is 14.7. The van der Waals surface area contributed by atoms with Crippen LogP contribution < -0.4 is 4.90 Å². The van der Waals surface area contributed by atoms with Gasteiger partial charge >= 0.3 is 6.18 Å². The average Bonchev–Trinajstić information content (AvgIpc) is 3.15. The Kier molecular flexibility index (Phi) is 4.84. The number of amides is 1. The van der Waals surface area contributed by atoms with Gasteiger partial charge in [-0.15, -0.1) is 11.3 Å². The first-order valence-electron chi connectivity index (χ1n) is 9.04. The van der Waals surface area contributed by atoms with Crippen molar-refractivity contribution in [2.24, 2.45) is 5.92 Å². The van der Waals surface area contributed by atoms with Gasteiger partial charge in [0.1, 0.15) is 5.82 Å². The number of piperidine rings is 1. The van der Waals surface area contributed by atoms with Crippen molar-refractivity contribution in [1.82, 2.24) is 9.88 Å². The number of rotatable bonds is 2. The van der Waals surface area contributed by atoms with Crippen molar-refractivity contribution in [2.45, 2.75) is 32.0 Å². The normalized spacial score (nSPS) is 20.5. The Balaban J connectivity index is 1.43. The zero-order valence-corrected chi connectivity index (χ0v) is 15.5. The summed E-state index contributed by atoms with van der Waals surface area (Å²) in [4.78, 5) is 22.2. The monoisotopic (exact) mass is 395 g/mol. The molecule has 0 saturated carbocycles. The molecule has 0 radical (unpaired) electrons. The molecule has 1 unspecified atom stereocenters. The molecular formula is C19H20F3N3OS. The fraction of sp³-hybridized carbons (Fsp3) is 0.474.